The molecule has 1 nitrogen and oxygen atoms in total. The maximum Gasteiger partial charge on any atom is 0.142 e. The van der Waals surface area contributed by atoms with E-state index in [1.165, 1.54) is 0 Å². The van der Waals surface area contributed by atoms with Crippen molar-refractivity contribution in [1.29, 1.82) is 0 Å². The topological polar surface area (TPSA) is 26.0 Å². The minimum absolute atomic E-state index is 0.0201. The highest BCUT2D eigenvalue weighted by atomic mass is 35.5. The number of rotatable bonds is 1. The van der Waals surface area contributed by atoms with Gasteiger partial charge in [0, 0.05) is 12.1 Å². The van der Waals surface area contributed by atoms with Gasteiger partial charge < -0.3 is 5.73 Å². The van der Waals surface area contributed by atoms with Crippen molar-refractivity contribution >= 4 is 11.6 Å². The highest BCUT2D eigenvalue weighted by Crippen LogP contribution is 2.21. The minimum Gasteiger partial charge on any atom is -0.326 e. The maximum absolute atomic E-state index is 12.7. The molecule has 0 saturated carbocycles. The molecule has 0 amide bonds. The summed E-state index contributed by atoms with van der Waals surface area (Å²) < 4.78 is 25.3. The fraction of sp³-hybridized carbons (Fsp3) is 0.143. The van der Waals surface area contributed by atoms with Crippen LogP contribution >= 0.6 is 11.6 Å². The number of halogens is 3. The van der Waals surface area contributed by atoms with E-state index in [-0.39, 0.29) is 17.1 Å². The first kappa shape index (κ1) is 8.43. The third kappa shape index (κ3) is 1.49. The summed E-state index contributed by atoms with van der Waals surface area (Å²) in [5.74, 6) is -1.22. The van der Waals surface area contributed by atoms with Crippen LogP contribution in [0.1, 0.15) is 5.56 Å². The molecule has 0 heterocycles. The van der Waals surface area contributed by atoms with Gasteiger partial charge in [0.25, 0.3) is 0 Å². The van der Waals surface area contributed by atoms with Crippen molar-refractivity contribution in [1.82, 2.24) is 0 Å². The Balaban J connectivity index is 3.29. The Bertz CT molecular complexity index is 275. The van der Waals surface area contributed by atoms with Crippen LogP contribution < -0.4 is 5.73 Å². The van der Waals surface area contributed by atoms with Gasteiger partial charge in [-0.1, -0.05) is 11.6 Å². The molecule has 0 bridgehead atoms. The summed E-state index contributed by atoms with van der Waals surface area (Å²) in [6.07, 6.45) is 0. The molecule has 0 aliphatic rings. The number of hydrogen-bond donors (Lipinski definition) is 1. The van der Waals surface area contributed by atoms with E-state index in [1.807, 2.05) is 0 Å². The van der Waals surface area contributed by atoms with Gasteiger partial charge in [0.2, 0.25) is 0 Å². The third-order valence-electron chi connectivity index (χ3n) is 1.34. The molecule has 0 aliphatic heterocycles. The van der Waals surface area contributed by atoms with Crippen molar-refractivity contribution < 1.29 is 8.78 Å². The highest BCUT2D eigenvalue weighted by molar-refractivity contribution is 6.31. The molecule has 0 aliphatic carbocycles. The zero-order chi connectivity index (χ0) is 8.43. The van der Waals surface area contributed by atoms with Gasteiger partial charge >= 0.3 is 0 Å². The van der Waals surface area contributed by atoms with Crippen LogP contribution in [0.15, 0.2) is 12.1 Å². The zero-order valence-corrected chi connectivity index (χ0v) is 6.33. The summed E-state index contributed by atoms with van der Waals surface area (Å²) in [5.41, 5.74) is 5.15. The van der Waals surface area contributed by atoms with E-state index in [2.05, 4.69) is 0 Å². The summed E-state index contributed by atoms with van der Waals surface area (Å²) >= 11 is 5.40. The molecular weight excluding hydrogens is 172 g/mol. The Labute approximate surface area is 67.8 Å². The Morgan fingerprint density at radius 3 is 2.27 bits per heavy atom. The molecule has 0 fully saturated rings. The minimum atomic E-state index is -0.645. The summed E-state index contributed by atoms with van der Waals surface area (Å²) in [6.45, 7) is -0.0948. The summed E-state index contributed by atoms with van der Waals surface area (Å²) in [5, 5.41) is -0.229. The molecule has 11 heavy (non-hydrogen) atoms. The van der Waals surface area contributed by atoms with Crippen molar-refractivity contribution in [3.8, 4) is 0 Å². The van der Waals surface area contributed by atoms with Crippen molar-refractivity contribution in [2.24, 2.45) is 5.73 Å². The van der Waals surface area contributed by atoms with Gasteiger partial charge in [-0.3, -0.25) is 0 Å². The second-order valence-corrected chi connectivity index (χ2v) is 2.40. The fourth-order valence-corrected chi connectivity index (χ4v) is 0.987. The van der Waals surface area contributed by atoms with Crippen molar-refractivity contribution in [3.63, 3.8) is 0 Å². The second-order valence-electron chi connectivity index (χ2n) is 2.03. The molecule has 0 radical (unpaired) electrons. The van der Waals surface area contributed by atoms with Gasteiger partial charge in [-0.15, -0.1) is 0 Å². The fourth-order valence-electron chi connectivity index (χ4n) is 0.756. The molecule has 1 rings (SSSR count). The largest absolute Gasteiger partial charge is 0.326 e. The smallest absolute Gasteiger partial charge is 0.142 e. The quantitative estimate of drug-likeness (QED) is 0.653. The van der Waals surface area contributed by atoms with Gasteiger partial charge in [0.1, 0.15) is 11.6 Å². The predicted octanol–water partition coefficient (Wildman–Crippen LogP) is 2.08. The number of hydrogen-bond acceptors (Lipinski definition) is 1. The molecule has 0 atom stereocenters. The SMILES string of the molecule is NCc1c(F)ccc(F)c1Cl. The van der Waals surface area contributed by atoms with Crippen LogP contribution in [0.5, 0.6) is 0 Å². The maximum atomic E-state index is 12.7. The van der Waals surface area contributed by atoms with Crippen LogP contribution in [-0.2, 0) is 6.54 Å². The Morgan fingerprint density at radius 2 is 1.82 bits per heavy atom. The predicted molar refractivity (Wildman–Crippen MR) is 39.3 cm³/mol. The van der Waals surface area contributed by atoms with E-state index < -0.39 is 11.6 Å². The van der Waals surface area contributed by atoms with E-state index in [1.54, 1.807) is 0 Å². The van der Waals surface area contributed by atoms with Gasteiger partial charge in [-0.05, 0) is 12.1 Å². The molecule has 0 aromatic heterocycles. The van der Waals surface area contributed by atoms with E-state index in [0.29, 0.717) is 0 Å². The van der Waals surface area contributed by atoms with Gasteiger partial charge in [0.05, 0.1) is 5.02 Å². The molecule has 60 valence electrons. The van der Waals surface area contributed by atoms with Crippen molar-refractivity contribution in [3.05, 3.63) is 34.4 Å². The zero-order valence-electron chi connectivity index (χ0n) is 5.57. The standard InChI is InChI=1S/C7H6ClF2N/c8-7-4(3-11)5(9)1-2-6(7)10/h1-2H,3,11H2. The molecular formula is C7H6ClF2N. The Hall–Kier alpha value is -0.670. The lowest BCUT2D eigenvalue weighted by molar-refractivity contribution is 0.586. The Morgan fingerprint density at radius 1 is 1.27 bits per heavy atom. The summed E-state index contributed by atoms with van der Waals surface area (Å²) in [4.78, 5) is 0. The van der Waals surface area contributed by atoms with Crippen molar-refractivity contribution in [2.75, 3.05) is 0 Å². The third-order valence-corrected chi connectivity index (χ3v) is 1.75. The van der Waals surface area contributed by atoms with Gasteiger partial charge in [0.15, 0.2) is 0 Å². The first-order valence-corrected chi connectivity index (χ1v) is 3.37. The lowest BCUT2D eigenvalue weighted by Gasteiger charge is -2.02. The molecule has 0 spiro atoms. The van der Waals surface area contributed by atoms with Crippen LogP contribution in [0.25, 0.3) is 0 Å². The van der Waals surface area contributed by atoms with Crippen LogP contribution in [0.3, 0.4) is 0 Å². The molecule has 1 aromatic carbocycles. The van der Waals surface area contributed by atoms with E-state index in [4.69, 9.17) is 17.3 Å². The average molecular weight is 178 g/mol. The lowest BCUT2D eigenvalue weighted by atomic mass is 10.2. The van der Waals surface area contributed by atoms with Crippen LogP contribution in [0.4, 0.5) is 8.78 Å². The summed E-state index contributed by atoms with van der Waals surface area (Å²) in [7, 11) is 0. The molecule has 1 aromatic rings. The molecule has 2 N–H and O–H groups in total. The summed E-state index contributed by atoms with van der Waals surface area (Å²) in [6, 6.07) is 1.97. The lowest BCUT2D eigenvalue weighted by Crippen LogP contribution is -2.01. The Kier molecular flexibility index (Phi) is 2.42. The molecule has 0 saturated heterocycles. The van der Waals surface area contributed by atoms with E-state index >= 15 is 0 Å². The average Bonchev–Trinajstić information content (AvgIpc) is 1.99. The normalized spacial score (nSPS) is 10.2. The van der Waals surface area contributed by atoms with Crippen LogP contribution in [0.2, 0.25) is 5.02 Å². The van der Waals surface area contributed by atoms with Crippen molar-refractivity contribution in [2.45, 2.75) is 6.54 Å². The first-order chi connectivity index (χ1) is 5.16. The first-order valence-electron chi connectivity index (χ1n) is 2.99. The molecule has 4 heteroatoms. The monoisotopic (exact) mass is 177 g/mol. The van der Waals surface area contributed by atoms with E-state index in [0.717, 1.165) is 12.1 Å². The van der Waals surface area contributed by atoms with Gasteiger partial charge in [-0.25, -0.2) is 8.78 Å². The number of nitrogens with two attached hydrogens (primary N) is 1. The molecule has 0 unspecified atom stereocenters. The van der Waals surface area contributed by atoms with Crippen LogP contribution in [-0.4, -0.2) is 0 Å². The van der Waals surface area contributed by atoms with E-state index in [9.17, 15) is 8.78 Å². The highest BCUT2D eigenvalue weighted by Gasteiger charge is 2.09. The van der Waals surface area contributed by atoms with Gasteiger partial charge in [-0.2, -0.15) is 0 Å². The number of benzene rings is 1. The second kappa shape index (κ2) is 3.15. The van der Waals surface area contributed by atoms with Crippen LogP contribution in [0, 0.1) is 11.6 Å².